The van der Waals surface area contributed by atoms with Gasteiger partial charge in [-0.2, -0.15) is 0 Å². The van der Waals surface area contributed by atoms with Crippen molar-refractivity contribution in [1.82, 2.24) is 35.4 Å². The van der Waals surface area contributed by atoms with Crippen LogP contribution in [0.4, 0.5) is 0 Å². The van der Waals surface area contributed by atoms with Crippen LogP contribution in [0.1, 0.15) is 132 Å². The van der Waals surface area contributed by atoms with Crippen molar-refractivity contribution in [1.29, 1.82) is 0 Å². The Hall–Kier alpha value is -0.860. The van der Waals surface area contributed by atoms with Gasteiger partial charge in [-0.15, -0.1) is 0 Å². The van der Waals surface area contributed by atoms with E-state index in [9.17, 15) is 0 Å². The van der Waals surface area contributed by atoms with E-state index in [-0.39, 0.29) is 22.2 Å². The SMILES string of the molecule is CCCCNC1(c2nc(Cl)nc(C3(NCCCC)CC(C)(C)N(C)C(C)(C)C3)n2)CC(C)(C)N(C)C(C)(C)C1. The van der Waals surface area contributed by atoms with Gasteiger partial charge >= 0.3 is 0 Å². The Morgan fingerprint density at radius 3 is 1.21 bits per heavy atom. The van der Waals surface area contributed by atoms with Crippen LogP contribution in [-0.2, 0) is 11.1 Å². The van der Waals surface area contributed by atoms with Gasteiger partial charge in [0, 0.05) is 22.2 Å². The molecule has 3 rings (SSSR count). The number of unbranched alkanes of at least 4 members (excludes halogenated alkanes) is 2. The Morgan fingerprint density at radius 2 is 0.923 bits per heavy atom. The summed E-state index contributed by atoms with van der Waals surface area (Å²) in [5, 5.41) is 8.26. The maximum absolute atomic E-state index is 6.84. The van der Waals surface area contributed by atoms with Crippen molar-refractivity contribution in [2.45, 2.75) is 154 Å². The molecule has 2 N–H and O–H groups in total. The molecule has 2 aliphatic heterocycles. The highest BCUT2D eigenvalue weighted by Crippen LogP contribution is 2.49. The predicted octanol–water partition coefficient (Wildman–Crippen LogP) is 6.26. The number of likely N-dealkylation sites (tertiary alicyclic amines) is 2. The lowest BCUT2D eigenvalue weighted by Gasteiger charge is -2.59. The summed E-state index contributed by atoms with van der Waals surface area (Å²) < 4.78 is 0. The van der Waals surface area contributed by atoms with Gasteiger partial charge in [0.15, 0.2) is 11.6 Å². The Kier molecular flexibility index (Phi) is 9.57. The van der Waals surface area contributed by atoms with Crippen LogP contribution in [-0.4, -0.2) is 74.1 Å². The largest absolute Gasteiger partial charge is 0.305 e. The summed E-state index contributed by atoms with van der Waals surface area (Å²) in [5.74, 6) is 1.60. The van der Waals surface area contributed by atoms with Gasteiger partial charge in [-0.05, 0) is 133 Å². The summed E-state index contributed by atoms with van der Waals surface area (Å²) in [6.45, 7) is 25.0. The van der Waals surface area contributed by atoms with Gasteiger partial charge in [-0.25, -0.2) is 15.0 Å². The molecule has 0 unspecified atom stereocenters. The van der Waals surface area contributed by atoms with E-state index < -0.39 is 11.1 Å². The molecule has 39 heavy (non-hydrogen) atoms. The summed E-state index contributed by atoms with van der Waals surface area (Å²) >= 11 is 6.84. The van der Waals surface area contributed by atoms with Crippen molar-refractivity contribution < 1.29 is 0 Å². The van der Waals surface area contributed by atoms with Gasteiger partial charge in [0.2, 0.25) is 5.28 Å². The average molecular weight is 564 g/mol. The first-order valence-corrected chi connectivity index (χ1v) is 15.6. The second-order valence-electron chi connectivity index (χ2n) is 15.1. The van der Waals surface area contributed by atoms with E-state index in [4.69, 9.17) is 26.6 Å². The first kappa shape index (κ1) is 32.7. The first-order chi connectivity index (χ1) is 17.9. The molecule has 8 heteroatoms. The highest BCUT2D eigenvalue weighted by atomic mass is 35.5. The molecule has 0 spiro atoms. The smallest absolute Gasteiger partial charge is 0.226 e. The standard InChI is InChI=1S/C31H58ClN7/c1-13-15-17-33-30(19-26(3,4)38(11)27(5,6)20-30)23-35-24(37-25(32)36-23)31(34-18-16-14-2)21-28(7,8)39(12)29(9,10)22-31/h33-34H,13-22H2,1-12H3. The summed E-state index contributed by atoms with van der Waals surface area (Å²) in [4.78, 5) is 20.2. The fraction of sp³-hybridized carbons (Fsp3) is 0.903. The summed E-state index contributed by atoms with van der Waals surface area (Å²) in [5.41, 5.74) is -0.971. The van der Waals surface area contributed by atoms with Crippen LogP contribution in [0.3, 0.4) is 0 Å². The lowest BCUT2D eigenvalue weighted by Crippen LogP contribution is -2.67. The summed E-state index contributed by atoms with van der Waals surface area (Å²) in [6.07, 6.45) is 8.11. The van der Waals surface area contributed by atoms with E-state index >= 15 is 0 Å². The minimum atomic E-state index is -0.392. The van der Waals surface area contributed by atoms with Crippen LogP contribution >= 0.6 is 11.6 Å². The van der Waals surface area contributed by atoms with Crippen molar-refractivity contribution in [2.24, 2.45) is 0 Å². The molecule has 2 aliphatic rings. The van der Waals surface area contributed by atoms with Crippen molar-refractivity contribution in [3.8, 4) is 0 Å². The Bertz CT molecular complexity index is 877. The van der Waals surface area contributed by atoms with E-state index in [0.29, 0.717) is 5.28 Å². The molecule has 7 nitrogen and oxygen atoms in total. The molecule has 2 saturated heterocycles. The van der Waals surface area contributed by atoms with Crippen LogP contribution in [0.15, 0.2) is 0 Å². The van der Waals surface area contributed by atoms with Crippen molar-refractivity contribution in [3.63, 3.8) is 0 Å². The predicted molar refractivity (Wildman–Crippen MR) is 164 cm³/mol. The van der Waals surface area contributed by atoms with E-state index in [1.54, 1.807) is 0 Å². The van der Waals surface area contributed by atoms with Gasteiger partial charge in [0.05, 0.1) is 11.1 Å². The van der Waals surface area contributed by atoms with Crippen LogP contribution < -0.4 is 10.6 Å². The molecule has 0 amide bonds. The van der Waals surface area contributed by atoms with Crippen molar-refractivity contribution >= 4 is 11.6 Å². The summed E-state index contributed by atoms with van der Waals surface area (Å²) in [7, 11) is 4.49. The highest BCUT2D eigenvalue weighted by molar-refractivity contribution is 6.28. The number of halogens is 1. The normalized spacial score (nSPS) is 25.5. The minimum absolute atomic E-state index is 0.0468. The van der Waals surface area contributed by atoms with Crippen molar-refractivity contribution in [3.05, 3.63) is 16.9 Å². The van der Waals surface area contributed by atoms with Crippen LogP contribution in [0.25, 0.3) is 0 Å². The third-order valence-corrected chi connectivity index (χ3v) is 10.2. The molecule has 2 fully saturated rings. The Morgan fingerprint density at radius 1 is 0.615 bits per heavy atom. The second-order valence-corrected chi connectivity index (χ2v) is 15.4. The monoisotopic (exact) mass is 563 g/mol. The van der Waals surface area contributed by atoms with Crippen LogP contribution in [0.2, 0.25) is 5.28 Å². The molecule has 1 aromatic heterocycles. The molecule has 0 aliphatic carbocycles. The zero-order valence-corrected chi connectivity index (χ0v) is 27.9. The number of nitrogens with zero attached hydrogens (tertiary/aromatic N) is 5. The van der Waals surface area contributed by atoms with Gasteiger partial charge in [0.25, 0.3) is 0 Å². The molecule has 3 heterocycles. The van der Waals surface area contributed by atoms with Crippen molar-refractivity contribution in [2.75, 3.05) is 27.2 Å². The maximum atomic E-state index is 6.84. The fourth-order valence-corrected chi connectivity index (χ4v) is 7.86. The Labute approximate surface area is 244 Å². The molecule has 0 atom stereocenters. The second kappa shape index (κ2) is 11.4. The molecule has 224 valence electrons. The topological polar surface area (TPSA) is 69.2 Å². The lowest BCUT2D eigenvalue weighted by atomic mass is 9.68. The average Bonchev–Trinajstić information content (AvgIpc) is 2.80. The lowest BCUT2D eigenvalue weighted by molar-refractivity contribution is -0.0597. The zero-order chi connectivity index (χ0) is 29.5. The number of hydrogen-bond donors (Lipinski definition) is 2. The number of hydrogen-bond acceptors (Lipinski definition) is 7. The Balaban J connectivity index is 2.21. The molecular weight excluding hydrogens is 506 g/mol. The third kappa shape index (κ3) is 6.63. The van der Waals surface area contributed by atoms with E-state index in [2.05, 4.69) is 104 Å². The molecule has 0 radical (unpaired) electrons. The van der Waals surface area contributed by atoms with E-state index in [1.165, 1.54) is 0 Å². The fourth-order valence-electron chi connectivity index (χ4n) is 7.70. The van der Waals surface area contributed by atoms with Gasteiger partial charge in [-0.1, -0.05) is 26.7 Å². The number of nitrogens with one attached hydrogen (secondary N) is 2. The molecule has 1 aromatic rings. The van der Waals surface area contributed by atoms with Crippen LogP contribution in [0.5, 0.6) is 0 Å². The van der Waals surface area contributed by atoms with Crippen LogP contribution in [0, 0.1) is 0 Å². The molecular formula is C31H58ClN7. The van der Waals surface area contributed by atoms with E-state index in [1.807, 2.05) is 0 Å². The summed E-state index contributed by atoms with van der Waals surface area (Å²) in [6, 6.07) is 0. The van der Waals surface area contributed by atoms with Gasteiger partial charge in [-0.3, -0.25) is 9.80 Å². The zero-order valence-electron chi connectivity index (χ0n) is 27.2. The molecule has 0 aromatic carbocycles. The first-order valence-electron chi connectivity index (χ1n) is 15.3. The van der Waals surface area contributed by atoms with Gasteiger partial charge in [0.1, 0.15) is 0 Å². The number of piperidine rings is 2. The highest BCUT2D eigenvalue weighted by Gasteiger charge is 2.55. The molecule has 0 bridgehead atoms. The number of aromatic nitrogens is 3. The number of rotatable bonds is 10. The maximum Gasteiger partial charge on any atom is 0.226 e. The minimum Gasteiger partial charge on any atom is -0.305 e. The van der Waals surface area contributed by atoms with Gasteiger partial charge < -0.3 is 10.6 Å². The third-order valence-electron chi connectivity index (χ3n) is 10.0. The quantitative estimate of drug-likeness (QED) is 0.325. The van der Waals surface area contributed by atoms with E-state index in [0.717, 1.165) is 76.1 Å². The molecule has 0 saturated carbocycles.